The van der Waals surface area contributed by atoms with Gasteiger partial charge in [0.15, 0.2) is 6.10 Å². The van der Waals surface area contributed by atoms with Crippen LogP contribution in [0.4, 0.5) is 0 Å². The van der Waals surface area contributed by atoms with E-state index in [4.69, 9.17) is 32.3 Å². The molecule has 0 fully saturated rings. The number of carbonyl (C=O) groups excluding carboxylic acids is 3. The summed E-state index contributed by atoms with van der Waals surface area (Å²) in [4.78, 5) is 58.9. The highest BCUT2D eigenvalue weighted by Crippen LogP contribution is 2.45. The second kappa shape index (κ2) is 92.9. The lowest BCUT2D eigenvalue weighted by Crippen LogP contribution is -2.30. The maximum atomic E-state index is 13.0. The summed E-state index contributed by atoms with van der Waals surface area (Å²) in [5.41, 5.74) is 0. The number of phosphoric acid groups is 2. The quantitative estimate of drug-likeness (QED) is 0.0146. The number of carbonyl (C=O) groups is 3. The van der Waals surface area contributed by atoms with E-state index in [2.05, 4.69) is 154 Å². The van der Waals surface area contributed by atoms with Gasteiger partial charge in [-0.25, -0.2) is 9.13 Å². The summed E-state index contributed by atoms with van der Waals surface area (Å²) in [6.45, 7) is 2.53. The van der Waals surface area contributed by atoms with Crippen molar-refractivity contribution in [2.45, 2.75) is 450 Å². The van der Waals surface area contributed by atoms with Crippen LogP contribution in [0, 0.1) is 0 Å². The first kappa shape index (κ1) is 115. The van der Waals surface area contributed by atoms with Gasteiger partial charge in [-0.05, 0) is 116 Å². The molecule has 5 atom stereocenters. The number of hydrogen-bond donors (Lipinski definition) is 4. The maximum Gasteiger partial charge on any atom is 0.472 e. The summed E-state index contributed by atoms with van der Waals surface area (Å²) in [7, 11) is -9.79. The highest BCUT2D eigenvalue weighted by Gasteiger charge is 2.30. The number of ether oxygens (including phenoxy) is 3. The van der Waals surface area contributed by atoms with E-state index in [-0.39, 0.29) is 19.3 Å². The molecular weight excluding hydrogens is 1530 g/mol. The highest BCUT2D eigenvalue weighted by molar-refractivity contribution is 7.47. The largest absolute Gasteiger partial charge is 0.472 e. The van der Waals surface area contributed by atoms with E-state index in [1.54, 1.807) is 0 Å². The molecule has 119 heavy (non-hydrogen) atoms. The molecule has 4 N–H and O–H groups in total. The standard InChI is InChI=1S/C101H178O16P2/c1-4-7-10-13-16-19-22-25-27-29-31-33-35-37-39-41-43-45-47-49-51-53-55-57-59-61-63-65-67-70-72-75-78-81-84-87-99(104)111-90-96(102)91-113-118(107,108)114-92-97(103)93-115-119(109,110)116-95-98(117-101(106)89-86-83-80-77-74-69-24-21-18-15-12-9-6-3)94-112-100(105)88-85-82-79-76-73-71-68-66-64-62-60-58-56-54-52-50-48-46-44-42-40-38-36-34-32-30-28-26-23-20-17-14-11-8-5-2/h7-8,10-11,16-17,19-20,25-28,31-34,37-40,43,45,96-98,102-103H,4-6,9,12-15,18,21-24,29-30,35-36,41-42,44,46-95H2,1-3H3,(H,107,108)(H,109,110)/b10-7-,11-8-,19-16-,20-17-,27-25-,28-26-,33-31-,34-32-,39-37-,40-38-,45-43-. The molecule has 18 heteroatoms. The second-order valence-electron chi connectivity index (χ2n) is 32.5. The number of esters is 3. The van der Waals surface area contributed by atoms with E-state index < -0.39 is 91.5 Å². The molecule has 0 aliphatic heterocycles. The lowest BCUT2D eigenvalue weighted by atomic mass is 10.0. The predicted molar refractivity (Wildman–Crippen MR) is 500 cm³/mol. The van der Waals surface area contributed by atoms with E-state index >= 15 is 0 Å². The minimum Gasteiger partial charge on any atom is -0.463 e. The Hall–Kier alpha value is -4.31. The van der Waals surface area contributed by atoms with Crippen LogP contribution in [0.15, 0.2) is 134 Å². The van der Waals surface area contributed by atoms with E-state index in [0.29, 0.717) is 19.3 Å². The Morgan fingerprint density at radius 2 is 0.445 bits per heavy atom. The molecule has 5 unspecified atom stereocenters. The number of phosphoric ester groups is 2. The van der Waals surface area contributed by atoms with Gasteiger partial charge in [-0.3, -0.25) is 32.5 Å². The van der Waals surface area contributed by atoms with E-state index in [9.17, 15) is 43.5 Å². The molecule has 16 nitrogen and oxygen atoms in total. The average Bonchev–Trinajstić information content (AvgIpc) is 0.893. The number of aliphatic hydroxyl groups excluding tert-OH is 2. The Bertz CT molecular complexity index is 2690. The van der Waals surface area contributed by atoms with Crippen LogP contribution in [-0.2, 0) is 55.8 Å². The minimum absolute atomic E-state index is 0.110. The summed E-state index contributed by atoms with van der Waals surface area (Å²) in [6.07, 6.45) is 117. The van der Waals surface area contributed by atoms with Crippen molar-refractivity contribution < 1.29 is 75.8 Å². The lowest BCUT2D eigenvalue weighted by Gasteiger charge is -2.21. The molecule has 0 saturated heterocycles. The monoisotopic (exact) mass is 1710 g/mol. The molecule has 0 heterocycles. The van der Waals surface area contributed by atoms with Crippen LogP contribution in [-0.4, -0.2) is 95.9 Å². The Morgan fingerprint density at radius 1 is 0.244 bits per heavy atom. The van der Waals surface area contributed by atoms with Crippen LogP contribution in [0.3, 0.4) is 0 Å². The van der Waals surface area contributed by atoms with Crippen LogP contribution in [0.25, 0.3) is 0 Å². The molecule has 0 rings (SSSR count). The third kappa shape index (κ3) is 94.2. The summed E-state index contributed by atoms with van der Waals surface area (Å²) in [5.74, 6) is -1.55. The van der Waals surface area contributed by atoms with Crippen LogP contribution in [0.2, 0.25) is 0 Å². The molecule has 0 aromatic rings. The molecule has 0 spiro atoms. The van der Waals surface area contributed by atoms with Gasteiger partial charge in [0.1, 0.15) is 25.4 Å². The van der Waals surface area contributed by atoms with Crippen molar-refractivity contribution in [3.05, 3.63) is 134 Å². The second-order valence-corrected chi connectivity index (χ2v) is 35.4. The maximum absolute atomic E-state index is 13.0. The van der Waals surface area contributed by atoms with Gasteiger partial charge in [0.05, 0.1) is 26.4 Å². The average molecular weight is 1710 g/mol. The molecule has 0 aromatic carbocycles. The van der Waals surface area contributed by atoms with Crippen molar-refractivity contribution in [2.24, 2.45) is 0 Å². The highest BCUT2D eigenvalue weighted by atomic mass is 31.2. The number of allylic oxidation sites excluding steroid dienone is 22. The zero-order valence-corrected chi connectivity index (χ0v) is 77.8. The zero-order chi connectivity index (χ0) is 86.5. The van der Waals surface area contributed by atoms with Crippen LogP contribution < -0.4 is 0 Å². The van der Waals surface area contributed by atoms with Crippen molar-refractivity contribution in [1.29, 1.82) is 0 Å². The topological polar surface area (TPSA) is 231 Å². The van der Waals surface area contributed by atoms with Gasteiger partial charge in [0.2, 0.25) is 0 Å². The van der Waals surface area contributed by atoms with E-state index in [1.807, 2.05) is 0 Å². The van der Waals surface area contributed by atoms with Crippen LogP contribution in [0.5, 0.6) is 0 Å². The van der Waals surface area contributed by atoms with E-state index in [0.717, 1.165) is 135 Å². The summed E-state index contributed by atoms with van der Waals surface area (Å²) in [6, 6.07) is 0. The smallest absolute Gasteiger partial charge is 0.463 e. The molecule has 0 aliphatic rings. The normalized spacial score (nSPS) is 14.3. The van der Waals surface area contributed by atoms with Gasteiger partial charge in [-0.2, -0.15) is 0 Å². The van der Waals surface area contributed by atoms with Gasteiger partial charge in [-0.15, -0.1) is 0 Å². The first-order chi connectivity index (χ1) is 58.2. The fraction of sp³-hybridized carbons (Fsp3) is 0.752. The number of rotatable bonds is 92. The molecule has 0 amide bonds. The van der Waals surface area contributed by atoms with Gasteiger partial charge >= 0.3 is 33.6 Å². The van der Waals surface area contributed by atoms with Crippen molar-refractivity contribution in [2.75, 3.05) is 39.6 Å². The third-order valence-corrected chi connectivity index (χ3v) is 22.8. The van der Waals surface area contributed by atoms with Crippen molar-refractivity contribution in [3.63, 3.8) is 0 Å². The molecule has 0 radical (unpaired) electrons. The number of unbranched alkanes of at least 4 members (excludes halogenated alkanes) is 47. The Balaban J connectivity index is 4.34. The molecule has 688 valence electrons. The molecule has 0 saturated carbocycles. The Morgan fingerprint density at radius 3 is 0.706 bits per heavy atom. The first-order valence-electron chi connectivity index (χ1n) is 48.5. The van der Waals surface area contributed by atoms with Gasteiger partial charge in [0.25, 0.3) is 0 Å². The number of aliphatic hydroxyl groups is 2. The van der Waals surface area contributed by atoms with Crippen molar-refractivity contribution >= 4 is 33.6 Å². The molecule has 0 bridgehead atoms. The van der Waals surface area contributed by atoms with E-state index in [1.165, 1.54) is 238 Å². The van der Waals surface area contributed by atoms with Gasteiger partial charge in [-0.1, -0.05) is 431 Å². The SMILES string of the molecule is CC/C=C\C/C=C\C/C=C\C/C=C\C/C=C\C/C=C\CCCCCCCCCCCCCCCCCCC(=O)OCC(O)COP(=O)(O)OCC(O)COP(=O)(O)OCC(COC(=O)CCCCCCCCCCCCCCCCCCCCC/C=C\C/C=C\C/C=C\C/C=C\C/C=C\CC)OC(=O)CCCCCCCCCCCCCCC. The lowest BCUT2D eigenvalue weighted by molar-refractivity contribution is -0.161. The van der Waals surface area contributed by atoms with Crippen LogP contribution in [0.1, 0.15) is 432 Å². The fourth-order valence-corrected chi connectivity index (χ4v) is 15.2. The molecule has 0 aromatic heterocycles. The summed E-state index contributed by atoms with van der Waals surface area (Å²) >= 11 is 0. The van der Waals surface area contributed by atoms with Crippen LogP contribution >= 0.6 is 15.6 Å². The predicted octanol–water partition coefficient (Wildman–Crippen LogP) is 30.1. The zero-order valence-electron chi connectivity index (χ0n) is 76.0. The van der Waals surface area contributed by atoms with Crippen molar-refractivity contribution in [1.82, 2.24) is 0 Å². The Kier molecular flexibility index (Phi) is 89.5. The third-order valence-electron chi connectivity index (χ3n) is 20.9. The van der Waals surface area contributed by atoms with Crippen molar-refractivity contribution in [3.8, 4) is 0 Å². The summed E-state index contributed by atoms with van der Waals surface area (Å²) < 4.78 is 61.5. The Labute approximate surface area is 728 Å². The molecular formula is C101H178O16P2. The molecule has 0 aliphatic carbocycles. The first-order valence-corrected chi connectivity index (χ1v) is 51.5. The minimum atomic E-state index is -4.93. The summed E-state index contributed by atoms with van der Waals surface area (Å²) in [5, 5.41) is 20.7. The number of hydrogen-bond acceptors (Lipinski definition) is 14. The van der Waals surface area contributed by atoms with Gasteiger partial charge < -0.3 is 34.2 Å². The fourth-order valence-electron chi connectivity index (χ4n) is 13.6. The van der Waals surface area contributed by atoms with Gasteiger partial charge in [0, 0.05) is 19.3 Å².